The van der Waals surface area contributed by atoms with Crippen molar-refractivity contribution in [2.75, 3.05) is 44.7 Å². The van der Waals surface area contributed by atoms with E-state index < -0.39 is 0 Å². The number of anilines is 1. The van der Waals surface area contributed by atoms with Crippen LogP contribution in [0, 0.1) is 0 Å². The van der Waals surface area contributed by atoms with Crippen molar-refractivity contribution in [3.8, 4) is 11.4 Å². The van der Waals surface area contributed by atoms with Gasteiger partial charge in [-0.05, 0) is 24.3 Å². The Labute approximate surface area is 169 Å². The van der Waals surface area contributed by atoms with Crippen LogP contribution in [-0.2, 0) is 11.3 Å². The number of amides is 1. The van der Waals surface area contributed by atoms with E-state index in [2.05, 4.69) is 24.7 Å². The fourth-order valence-electron chi connectivity index (χ4n) is 3.46. The molecule has 0 radical (unpaired) electrons. The van der Waals surface area contributed by atoms with Gasteiger partial charge in [0, 0.05) is 44.6 Å². The van der Waals surface area contributed by atoms with E-state index in [0.29, 0.717) is 13.1 Å². The summed E-state index contributed by atoms with van der Waals surface area (Å²) in [5, 5.41) is 2.90. The van der Waals surface area contributed by atoms with Crippen LogP contribution in [0.15, 0.2) is 59.5 Å². The largest absolute Gasteiger partial charge is 0.497 e. The quantitative estimate of drug-likeness (QED) is 0.659. The van der Waals surface area contributed by atoms with Gasteiger partial charge in [0.15, 0.2) is 0 Å². The third-order valence-corrected chi connectivity index (χ3v) is 5.01. The molecule has 0 saturated carbocycles. The van der Waals surface area contributed by atoms with Gasteiger partial charge in [0.1, 0.15) is 11.5 Å². The standard InChI is InChI=1S/C21H25N5O3/c1-28-18-5-2-4-17(14-18)26-8-7-22-21(26)25-11-9-24(10-12-25)16-20(27)23-15-19-6-3-13-29-19/h2-8,13-14H,9-12,15-16H2,1H3,(H,23,27). The summed E-state index contributed by atoms with van der Waals surface area (Å²) in [6.45, 7) is 4.04. The molecular weight excluding hydrogens is 370 g/mol. The molecule has 1 aliphatic heterocycles. The number of nitrogens with zero attached hydrogens (tertiary/aromatic N) is 4. The first-order chi connectivity index (χ1) is 14.2. The van der Waals surface area contributed by atoms with Crippen molar-refractivity contribution >= 4 is 11.9 Å². The van der Waals surface area contributed by atoms with Gasteiger partial charge in [-0.15, -0.1) is 0 Å². The van der Waals surface area contributed by atoms with Gasteiger partial charge in [-0.2, -0.15) is 0 Å². The summed E-state index contributed by atoms with van der Waals surface area (Å²) in [6.07, 6.45) is 5.37. The predicted octanol–water partition coefficient (Wildman–Crippen LogP) is 1.91. The summed E-state index contributed by atoms with van der Waals surface area (Å²) >= 11 is 0. The fourth-order valence-corrected chi connectivity index (χ4v) is 3.46. The maximum atomic E-state index is 12.2. The third-order valence-electron chi connectivity index (χ3n) is 5.01. The first-order valence-corrected chi connectivity index (χ1v) is 9.67. The Morgan fingerprint density at radius 3 is 2.83 bits per heavy atom. The number of piperazine rings is 1. The number of carbonyl (C=O) groups is 1. The Kier molecular flexibility index (Phi) is 5.81. The predicted molar refractivity (Wildman–Crippen MR) is 109 cm³/mol. The molecule has 1 aliphatic rings. The number of rotatable bonds is 7. The van der Waals surface area contributed by atoms with Gasteiger partial charge in [0.25, 0.3) is 0 Å². The normalized spacial score (nSPS) is 14.7. The molecule has 4 rings (SSSR count). The lowest BCUT2D eigenvalue weighted by Gasteiger charge is -2.35. The maximum Gasteiger partial charge on any atom is 0.234 e. The number of benzene rings is 1. The fraction of sp³-hybridized carbons (Fsp3) is 0.333. The van der Waals surface area contributed by atoms with Crippen LogP contribution in [-0.4, -0.2) is 60.2 Å². The van der Waals surface area contributed by atoms with E-state index in [9.17, 15) is 4.79 Å². The minimum absolute atomic E-state index is 0.00716. The van der Waals surface area contributed by atoms with E-state index in [1.165, 1.54) is 0 Å². The number of carbonyl (C=O) groups excluding carboxylic acids is 1. The van der Waals surface area contributed by atoms with Crippen molar-refractivity contribution in [1.82, 2.24) is 19.8 Å². The smallest absolute Gasteiger partial charge is 0.234 e. The zero-order valence-electron chi connectivity index (χ0n) is 16.5. The highest BCUT2D eigenvalue weighted by molar-refractivity contribution is 5.78. The molecule has 29 heavy (non-hydrogen) atoms. The second-order valence-corrected chi connectivity index (χ2v) is 6.92. The van der Waals surface area contributed by atoms with Gasteiger partial charge >= 0.3 is 0 Å². The number of aromatic nitrogens is 2. The number of nitrogens with one attached hydrogen (secondary N) is 1. The van der Waals surface area contributed by atoms with Crippen LogP contribution >= 0.6 is 0 Å². The van der Waals surface area contributed by atoms with Gasteiger partial charge in [-0.25, -0.2) is 4.98 Å². The molecule has 0 aliphatic carbocycles. The molecule has 0 bridgehead atoms. The summed E-state index contributed by atoms with van der Waals surface area (Å²) in [4.78, 5) is 21.1. The molecule has 1 saturated heterocycles. The average Bonchev–Trinajstić information content (AvgIpc) is 3.45. The molecule has 152 valence electrons. The van der Waals surface area contributed by atoms with Gasteiger partial charge in [-0.3, -0.25) is 14.3 Å². The number of hydrogen-bond donors (Lipinski definition) is 1. The van der Waals surface area contributed by atoms with Crippen LogP contribution in [0.4, 0.5) is 5.95 Å². The van der Waals surface area contributed by atoms with Crippen molar-refractivity contribution in [3.63, 3.8) is 0 Å². The maximum absolute atomic E-state index is 12.2. The average molecular weight is 395 g/mol. The summed E-state index contributed by atoms with van der Waals surface area (Å²) in [6, 6.07) is 11.6. The molecule has 2 aromatic heterocycles. The molecule has 3 aromatic rings. The highest BCUT2D eigenvalue weighted by Crippen LogP contribution is 2.22. The number of hydrogen-bond acceptors (Lipinski definition) is 6. The number of imidazole rings is 1. The van der Waals surface area contributed by atoms with E-state index in [0.717, 1.165) is 49.3 Å². The molecule has 8 heteroatoms. The number of ether oxygens (including phenoxy) is 1. The first kappa shape index (κ1) is 19.1. The third kappa shape index (κ3) is 4.60. The minimum atomic E-state index is 0.00716. The molecule has 1 amide bonds. The Bertz CT molecular complexity index is 929. The number of furan rings is 1. The lowest BCUT2D eigenvalue weighted by Crippen LogP contribution is -2.50. The molecule has 1 aromatic carbocycles. The molecule has 1 N–H and O–H groups in total. The lowest BCUT2D eigenvalue weighted by atomic mass is 10.3. The van der Waals surface area contributed by atoms with Crippen LogP contribution in [0.2, 0.25) is 0 Å². The summed E-state index contributed by atoms with van der Waals surface area (Å²) < 4.78 is 12.6. The van der Waals surface area contributed by atoms with E-state index in [1.807, 2.05) is 48.8 Å². The zero-order chi connectivity index (χ0) is 20.1. The van der Waals surface area contributed by atoms with Gasteiger partial charge < -0.3 is 19.4 Å². The van der Waals surface area contributed by atoms with E-state index in [1.54, 1.807) is 13.4 Å². The van der Waals surface area contributed by atoms with Crippen molar-refractivity contribution in [2.45, 2.75) is 6.54 Å². The zero-order valence-corrected chi connectivity index (χ0v) is 16.5. The van der Waals surface area contributed by atoms with E-state index in [-0.39, 0.29) is 5.91 Å². The van der Waals surface area contributed by atoms with Gasteiger partial charge in [-0.1, -0.05) is 6.07 Å². The Morgan fingerprint density at radius 1 is 1.21 bits per heavy atom. The Hall–Kier alpha value is -3.26. The van der Waals surface area contributed by atoms with Crippen LogP contribution in [0.1, 0.15) is 5.76 Å². The van der Waals surface area contributed by atoms with Crippen molar-refractivity contribution in [3.05, 3.63) is 60.8 Å². The van der Waals surface area contributed by atoms with Crippen molar-refractivity contribution in [2.24, 2.45) is 0 Å². The van der Waals surface area contributed by atoms with Crippen LogP contribution in [0.5, 0.6) is 5.75 Å². The van der Waals surface area contributed by atoms with Crippen LogP contribution < -0.4 is 15.0 Å². The van der Waals surface area contributed by atoms with E-state index >= 15 is 0 Å². The minimum Gasteiger partial charge on any atom is -0.497 e. The molecule has 3 heterocycles. The number of methoxy groups -OCH3 is 1. The Balaban J connectivity index is 1.32. The molecule has 1 fully saturated rings. The van der Waals surface area contributed by atoms with Crippen molar-refractivity contribution in [1.29, 1.82) is 0 Å². The first-order valence-electron chi connectivity index (χ1n) is 9.67. The lowest BCUT2D eigenvalue weighted by molar-refractivity contribution is -0.122. The highest BCUT2D eigenvalue weighted by atomic mass is 16.5. The van der Waals surface area contributed by atoms with Gasteiger partial charge in [0.2, 0.25) is 11.9 Å². The van der Waals surface area contributed by atoms with Crippen LogP contribution in [0.25, 0.3) is 5.69 Å². The molecular formula is C21H25N5O3. The van der Waals surface area contributed by atoms with Crippen molar-refractivity contribution < 1.29 is 13.9 Å². The van der Waals surface area contributed by atoms with Crippen LogP contribution in [0.3, 0.4) is 0 Å². The SMILES string of the molecule is COc1cccc(-n2ccnc2N2CCN(CC(=O)NCc3ccco3)CC2)c1. The van der Waals surface area contributed by atoms with Gasteiger partial charge in [0.05, 0.1) is 32.1 Å². The molecule has 0 spiro atoms. The summed E-state index contributed by atoms with van der Waals surface area (Å²) in [7, 11) is 1.66. The summed E-state index contributed by atoms with van der Waals surface area (Å²) in [5.41, 5.74) is 1.01. The Morgan fingerprint density at radius 2 is 2.07 bits per heavy atom. The van der Waals surface area contributed by atoms with E-state index in [4.69, 9.17) is 9.15 Å². The second kappa shape index (κ2) is 8.83. The highest BCUT2D eigenvalue weighted by Gasteiger charge is 2.22. The molecule has 0 atom stereocenters. The topological polar surface area (TPSA) is 75.8 Å². The summed E-state index contributed by atoms with van der Waals surface area (Å²) in [5.74, 6) is 2.48. The molecule has 0 unspecified atom stereocenters. The second-order valence-electron chi connectivity index (χ2n) is 6.92. The molecule has 8 nitrogen and oxygen atoms in total. The monoisotopic (exact) mass is 395 g/mol.